The summed E-state index contributed by atoms with van der Waals surface area (Å²) in [4.78, 5) is 0.459. The number of fused-ring (bicyclic) bond motifs is 1. The molecule has 2 aliphatic rings. The van der Waals surface area contributed by atoms with Gasteiger partial charge in [0.2, 0.25) is 0 Å². The van der Waals surface area contributed by atoms with Crippen LogP contribution in [-0.4, -0.2) is 27.6 Å². The Hall–Kier alpha value is -0.780. The average molecular weight is 460 g/mol. The minimum atomic E-state index is -1.30. The van der Waals surface area contributed by atoms with E-state index in [0.29, 0.717) is 31.9 Å². The largest absolute Gasteiger partial charge is 0.385 e. The summed E-state index contributed by atoms with van der Waals surface area (Å²) in [6.45, 7) is 8.31. The monoisotopic (exact) mass is 458 g/mol. The van der Waals surface area contributed by atoms with E-state index in [4.69, 9.17) is 34.8 Å². The molecule has 1 fully saturated rings. The van der Waals surface area contributed by atoms with Gasteiger partial charge in [-0.05, 0) is 49.4 Å². The van der Waals surface area contributed by atoms with Crippen molar-refractivity contribution < 1.29 is 4.21 Å². The minimum Gasteiger partial charge on any atom is -0.385 e. The number of benzene rings is 2. The quantitative estimate of drug-likeness (QED) is 0.541. The topological polar surface area (TPSA) is 32.1 Å². The lowest BCUT2D eigenvalue weighted by molar-refractivity contribution is 0.562. The molecule has 152 valence electrons. The van der Waals surface area contributed by atoms with Gasteiger partial charge in [-0.1, -0.05) is 66.3 Å². The molecule has 0 bridgehead atoms. The van der Waals surface area contributed by atoms with Crippen molar-refractivity contribution in [2.45, 2.75) is 44.6 Å². The molecule has 0 spiro atoms. The van der Waals surface area contributed by atoms with Crippen LogP contribution in [0.1, 0.15) is 31.4 Å². The first-order valence-corrected chi connectivity index (χ1v) is 11.7. The molecule has 1 saturated heterocycles. The van der Waals surface area contributed by atoms with E-state index in [-0.39, 0.29) is 0 Å². The van der Waals surface area contributed by atoms with Gasteiger partial charge < -0.3 is 5.32 Å². The standard InChI is InChI=1S/C11H12Cl3NOS.C10H13N/c1-6(2)10-5-15(10)17(16)11-8(13)3-7(12)4-9(11)14;1-8-4-5-10-9(7-8)3-2-6-11-10/h3-4,6,10H,5H2,1-2H3;4-5,7,11H,2-3,6H2,1H3. The summed E-state index contributed by atoms with van der Waals surface area (Å²) in [5, 5.41) is 4.55. The Morgan fingerprint density at radius 1 is 1.14 bits per heavy atom. The molecule has 3 atom stereocenters. The van der Waals surface area contributed by atoms with Gasteiger partial charge in [-0.2, -0.15) is 0 Å². The second kappa shape index (κ2) is 9.36. The number of hydrogen-bond donors (Lipinski definition) is 1. The van der Waals surface area contributed by atoms with Gasteiger partial charge in [-0.15, -0.1) is 0 Å². The SMILES string of the molecule is CC(C)C1CN1S(=O)c1c(Cl)cc(Cl)cc1Cl.Cc1ccc2c(c1)CCCN2. The van der Waals surface area contributed by atoms with E-state index in [1.54, 1.807) is 12.1 Å². The molecular weight excluding hydrogens is 435 g/mol. The molecule has 2 aromatic carbocycles. The molecule has 3 unspecified atom stereocenters. The van der Waals surface area contributed by atoms with E-state index in [1.165, 1.54) is 29.7 Å². The van der Waals surface area contributed by atoms with Crippen LogP contribution in [0.25, 0.3) is 0 Å². The molecule has 28 heavy (non-hydrogen) atoms. The summed E-state index contributed by atoms with van der Waals surface area (Å²) in [7, 11) is -1.30. The molecule has 2 heterocycles. The lowest BCUT2D eigenvalue weighted by Crippen LogP contribution is -2.11. The summed E-state index contributed by atoms with van der Waals surface area (Å²) in [5.41, 5.74) is 4.19. The van der Waals surface area contributed by atoms with Crippen molar-refractivity contribution in [3.05, 3.63) is 56.5 Å². The van der Waals surface area contributed by atoms with Crippen LogP contribution < -0.4 is 5.32 Å². The van der Waals surface area contributed by atoms with Crippen molar-refractivity contribution in [3.8, 4) is 0 Å². The van der Waals surface area contributed by atoms with Crippen molar-refractivity contribution in [1.82, 2.24) is 4.31 Å². The third-order valence-corrected chi connectivity index (χ3v) is 7.60. The Morgan fingerprint density at radius 3 is 2.43 bits per heavy atom. The summed E-state index contributed by atoms with van der Waals surface area (Å²) in [6, 6.07) is 10.1. The van der Waals surface area contributed by atoms with Crippen molar-refractivity contribution in [2.24, 2.45) is 5.92 Å². The van der Waals surface area contributed by atoms with Gasteiger partial charge in [-0.3, -0.25) is 0 Å². The number of nitrogens with zero attached hydrogens (tertiary/aromatic N) is 1. The first kappa shape index (κ1) is 21.9. The van der Waals surface area contributed by atoms with Gasteiger partial charge in [0.25, 0.3) is 0 Å². The zero-order chi connectivity index (χ0) is 20.4. The van der Waals surface area contributed by atoms with E-state index in [1.807, 2.05) is 4.31 Å². The number of aryl methyl sites for hydroxylation is 2. The fraction of sp³-hybridized carbons (Fsp3) is 0.429. The fourth-order valence-corrected chi connectivity index (χ4v) is 5.96. The predicted octanol–water partition coefficient (Wildman–Crippen LogP) is 6.36. The molecule has 7 heteroatoms. The highest BCUT2D eigenvalue weighted by Crippen LogP contribution is 2.37. The van der Waals surface area contributed by atoms with Crippen molar-refractivity contribution in [1.29, 1.82) is 0 Å². The second-order valence-electron chi connectivity index (χ2n) is 7.55. The maximum Gasteiger partial charge on any atom is 0.131 e. The minimum absolute atomic E-state index is 0.346. The molecule has 1 N–H and O–H groups in total. The number of anilines is 1. The summed E-state index contributed by atoms with van der Waals surface area (Å²) in [5.74, 6) is 0.476. The van der Waals surface area contributed by atoms with Gasteiger partial charge >= 0.3 is 0 Å². The lowest BCUT2D eigenvalue weighted by Gasteiger charge is -2.17. The Morgan fingerprint density at radius 2 is 1.82 bits per heavy atom. The summed E-state index contributed by atoms with van der Waals surface area (Å²) in [6.07, 6.45) is 2.51. The zero-order valence-electron chi connectivity index (χ0n) is 16.3. The number of hydrogen-bond acceptors (Lipinski definition) is 2. The Balaban J connectivity index is 0.000000176. The first-order valence-electron chi connectivity index (χ1n) is 9.44. The maximum absolute atomic E-state index is 12.3. The van der Waals surface area contributed by atoms with Crippen LogP contribution in [0, 0.1) is 12.8 Å². The molecule has 2 aliphatic heterocycles. The maximum atomic E-state index is 12.3. The van der Waals surface area contributed by atoms with Crippen LogP contribution in [-0.2, 0) is 17.4 Å². The average Bonchev–Trinajstić information content (AvgIpc) is 3.42. The van der Waals surface area contributed by atoms with Gasteiger partial charge in [0.05, 0.1) is 14.9 Å². The third kappa shape index (κ3) is 5.22. The molecule has 0 aromatic heterocycles. The fourth-order valence-electron chi connectivity index (χ4n) is 3.29. The van der Waals surface area contributed by atoms with E-state index in [2.05, 4.69) is 44.3 Å². The predicted molar refractivity (Wildman–Crippen MR) is 121 cm³/mol. The van der Waals surface area contributed by atoms with Gasteiger partial charge in [0, 0.05) is 29.8 Å². The number of halogens is 3. The first-order chi connectivity index (χ1) is 13.3. The van der Waals surface area contributed by atoms with Crippen LogP contribution in [0.2, 0.25) is 15.1 Å². The Labute approximate surface area is 184 Å². The Kier molecular flexibility index (Phi) is 7.32. The molecule has 0 saturated carbocycles. The molecule has 4 rings (SSSR count). The van der Waals surface area contributed by atoms with Crippen molar-refractivity contribution >= 4 is 51.5 Å². The van der Waals surface area contributed by atoms with Gasteiger partial charge in [0.15, 0.2) is 0 Å². The van der Waals surface area contributed by atoms with Gasteiger partial charge in [-0.25, -0.2) is 8.51 Å². The highest BCUT2D eigenvalue weighted by molar-refractivity contribution is 7.83. The van der Waals surface area contributed by atoms with Crippen LogP contribution >= 0.6 is 34.8 Å². The van der Waals surface area contributed by atoms with E-state index >= 15 is 0 Å². The van der Waals surface area contributed by atoms with E-state index in [0.717, 1.165) is 13.1 Å². The number of nitrogens with one attached hydrogen (secondary N) is 1. The van der Waals surface area contributed by atoms with Crippen molar-refractivity contribution in [3.63, 3.8) is 0 Å². The van der Waals surface area contributed by atoms with Crippen LogP contribution in [0.5, 0.6) is 0 Å². The zero-order valence-corrected chi connectivity index (χ0v) is 19.4. The molecule has 0 radical (unpaired) electrons. The third-order valence-electron chi connectivity index (χ3n) is 4.92. The molecule has 0 aliphatic carbocycles. The summed E-state index contributed by atoms with van der Waals surface area (Å²) >= 11 is 17.9. The highest BCUT2D eigenvalue weighted by atomic mass is 35.5. The Bertz CT molecular complexity index is 865. The highest BCUT2D eigenvalue weighted by Gasteiger charge is 2.42. The smallest absolute Gasteiger partial charge is 0.131 e. The summed E-state index contributed by atoms with van der Waals surface area (Å²) < 4.78 is 14.2. The van der Waals surface area contributed by atoms with E-state index in [9.17, 15) is 4.21 Å². The van der Waals surface area contributed by atoms with Crippen LogP contribution in [0.4, 0.5) is 5.69 Å². The van der Waals surface area contributed by atoms with E-state index < -0.39 is 11.0 Å². The molecular formula is C21H25Cl3N2OS. The molecule has 2 aromatic rings. The normalized spacial score (nSPS) is 21.2. The molecule has 0 amide bonds. The van der Waals surface area contributed by atoms with Crippen LogP contribution in [0.15, 0.2) is 35.2 Å². The van der Waals surface area contributed by atoms with Crippen molar-refractivity contribution in [2.75, 3.05) is 18.4 Å². The molecule has 3 nitrogen and oxygen atoms in total. The second-order valence-corrected chi connectivity index (χ2v) is 10.2. The number of rotatable bonds is 3. The van der Waals surface area contributed by atoms with Gasteiger partial charge in [0.1, 0.15) is 11.0 Å². The van der Waals surface area contributed by atoms with Crippen LogP contribution in [0.3, 0.4) is 0 Å². The lowest BCUT2D eigenvalue weighted by atomic mass is 10.0.